The van der Waals surface area contributed by atoms with Gasteiger partial charge >= 0.3 is 6.18 Å². The number of hydrogen-bond acceptors (Lipinski definition) is 4. The molecule has 7 nitrogen and oxygen atoms in total. The Bertz CT molecular complexity index is 1020. The Labute approximate surface area is 189 Å². The molecule has 0 saturated carbocycles. The normalized spacial score (nSPS) is 22.6. The summed E-state index contributed by atoms with van der Waals surface area (Å²) >= 11 is 0. The summed E-state index contributed by atoms with van der Waals surface area (Å²) in [5.74, 6) is -1.25. The fraction of sp³-hybridized carbons (Fsp3) is 0.522. The topological polar surface area (TPSA) is 76.5 Å². The van der Waals surface area contributed by atoms with E-state index >= 15 is 0 Å². The number of carbonyl (C=O) groups is 2. The van der Waals surface area contributed by atoms with Crippen molar-refractivity contribution in [1.82, 2.24) is 20.0 Å². The van der Waals surface area contributed by atoms with Crippen molar-refractivity contribution in [3.05, 3.63) is 53.9 Å². The van der Waals surface area contributed by atoms with Gasteiger partial charge in [0.05, 0.1) is 0 Å². The molecule has 0 unspecified atom stereocenters. The fourth-order valence-corrected chi connectivity index (χ4v) is 5.39. The molecule has 10 heteroatoms. The monoisotopic (exact) mass is 464 g/mol. The third-order valence-corrected chi connectivity index (χ3v) is 7.20. The lowest BCUT2D eigenvalue weighted by atomic mass is 9.63. The molecule has 1 N–H and O–H groups in total. The molecule has 0 radical (unpaired) electrons. The van der Waals surface area contributed by atoms with Crippen LogP contribution in [0.25, 0.3) is 0 Å². The third-order valence-electron chi connectivity index (χ3n) is 7.20. The van der Waals surface area contributed by atoms with Gasteiger partial charge in [0.1, 0.15) is 0 Å². The van der Waals surface area contributed by atoms with Gasteiger partial charge < -0.3 is 15.0 Å². The van der Waals surface area contributed by atoms with Crippen molar-refractivity contribution >= 4 is 11.8 Å². The van der Waals surface area contributed by atoms with E-state index in [0.29, 0.717) is 19.4 Å². The summed E-state index contributed by atoms with van der Waals surface area (Å²) in [6.07, 6.45) is -2.17. The molecule has 2 aromatic rings. The molecule has 1 aromatic heterocycles. The number of nitrogens with zero attached hydrogens (tertiary/aromatic N) is 3. The Morgan fingerprint density at radius 1 is 1.18 bits per heavy atom. The molecular weight excluding hydrogens is 437 g/mol. The zero-order valence-electron chi connectivity index (χ0n) is 18.6. The maximum atomic E-state index is 14.3. The van der Waals surface area contributed by atoms with Gasteiger partial charge in [-0.25, -0.2) is 0 Å². The van der Waals surface area contributed by atoms with E-state index in [1.807, 2.05) is 13.1 Å². The van der Waals surface area contributed by atoms with Gasteiger partial charge in [0, 0.05) is 63.6 Å². The number of alkyl halides is 3. The van der Waals surface area contributed by atoms with Crippen LogP contribution in [0.1, 0.15) is 36.4 Å². The number of methoxy groups -OCH3 is 1. The van der Waals surface area contributed by atoms with Crippen LogP contribution in [0.3, 0.4) is 0 Å². The van der Waals surface area contributed by atoms with Gasteiger partial charge in [-0.1, -0.05) is 30.3 Å². The first-order chi connectivity index (χ1) is 15.6. The summed E-state index contributed by atoms with van der Waals surface area (Å²) < 4.78 is 49.7. The molecular formula is C23H27F3N4O3. The second-order valence-corrected chi connectivity index (χ2v) is 8.82. The number of aromatic nitrogens is 2. The summed E-state index contributed by atoms with van der Waals surface area (Å²) in [6.45, 7) is 0.643. The van der Waals surface area contributed by atoms with Crippen molar-refractivity contribution in [3.8, 4) is 0 Å². The Morgan fingerprint density at radius 3 is 2.39 bits per heavy atom. The predicted octanol–water partition coefficient (Wildman–Crippen LogP) is 2.74. The summed E-state index contributed by atoms with van der Waals surface area (Å²) in [7, 11) is 2.74. The Hall–Kier alpha value is -2.88. The molecule has 2 atom stereocenters. The smallest absolute Gasteiger partial charge is 0.356 e. The standard InChI is InChI=1S/C23H27F3N4O3/c1-29-18(8-11-28-29)17-15-27-19(31)14-21(17)9-12-30(13-10-21)20(32)22(33-2,23(24,25)26)16-6-4-3-5-7-16/h3-8,11,17H,9-10,12-15H2,1-2H3,(H,27,31)/t17-,22+/m0/s1. The van der Waals surface area contributed by atoms with Crippen LogP contribution in [0.15, 0.2) is 42.6 Å². The van der Waals surface area contributed by atoms with Gasteiger partial charge in [-0.15, -0.1) is 0 Å². The molecule has 2 fully saturated rings. The first kappa shape index (κ1) is 23.3. The molecule has 0 bridgehead atoms. The van der Waals surface area contributed by atoms with Crippen LogP contribution in [-0.4, -0.2) is 59.4 Å². The van der Waals surface area contributed by atoms with Crippen LogP contribution >= 0.6 is 0 Å². The lowest BCUT2D eigenvalue weighted by Gasteiger charge is -2.49. The second-order valence-electron chi connectivity index (χ2n) is 8.82. The highest BCUT2D eigenvalue weighted by Gasteiger charge is 2.64. The number of amides is 2. The molecule has 2 aliphatic rings. The third kappa shape index (κ3) is 3.80. The average Bonchev–Trinajstić information content (AvgIpc) is 3.20. The zero-order chi connectivity index (χ0) is 23.9. The van der Waals surface area contributed by atoms with E-state index in [2.05, 4.69) is 10.4 Å². The zero-order valence-corrected chi connectivity index (χ0v) is 18.6. The highest BCUT2D eigenvalue weighted by atomic mass is 19.4. The Morgan fingerprint density at radius 2 is 1.85 bits per heavy atom. The van der Waals surface area contributed by atoms with E-state index < -0.39 is 23.1 Å². The first-order valence-corrected chi connectivity index (χ1v) is 10.9. The summed E-state index contributed by atoms with van der Waals surface area (Å²) in [4.78, 5) is 26.9. The van der Waals surface area contributed by atoms with E-state index in [1.165, 1.54) is 29.2 Å². The van der Waals surface area contributed by atoms with Crippen LogP contribution in [0.2, 0.25) is 0 Å². The molecule has 2 amide bonds. The van der Waals surface area contributed by atoms with Crippen LogP contribution in [0, 0.1) is 5.41 Å². The van der Waals surface area contributed by atoms with Gasteiger partial charge in [0.15, 0.2) is 0 Å². The summed E-state index contributed by atoms with van der Waals surface area (Å²) in [6, 6.07) is 8.89. The molecule has 2 saturated heterocycles. The number of piperidine rings is 2. The van der Waals surface area contributed by atoms with E-state index in [-0.39, 0.29) is 36.9 Å². The largest absolute Gasteiger partial charge is 0.430 e. The minimum atomic E-state index is -4.95. The lowest BCUT2D eigenvalue weighted by Crippen LogP contribution is -2.60. The van der Waals surface area contributed by atoms with E-state index in [9.17, 15) is 22.8 Å². The van der Waals surface area contributed by atoms with Crippen molar-refractivity contribution < 1.29 is 27.5 Å². The van der Waals surface area contributed by atoms with Gasteiger partial charge in [0.25, 0.3) is 11.5 Å². The maximum Gasteiger partial charge on any atom is 0.430 e. The van der Waals surface area contributed by atoms with Crippen molar-refractivity contribution in [1.29, 1.82) is 0 Å². The summed E-state index contributed by atoms with van der Waals surface area (Å²) in [5, 5.41) is 7.13. The minimum absolute atomic E-state index is 0.0381. The number of rotatable bonds is 4. The predicted molar refractivity (Wildman–Crippen MR) is 113 cm³/mol. The van der Waals surface area contributed by atoms with Gasteiger partial charge in [-0.3, -0.25) is 14.3 Å². The maximum absolute atomic E-state index is 14.3. The first-order valence-electron chi connectivity index (χ1n) is 10.9. The minimum Gasteiger partial charge on any atom is -0.356 e. The summed E-state index contributed by atoms with van der Waals surface area (Å²) in [5.41, 5.74) is -2.83. The number of aryl methyl sites for hydroxylation is 1. The fourth-order valence-electron chi connectivity index (χ4n) is 5.39. The van der Waals surface area contributed by atoms with Crippen molar-refractivity contribution in [2.75, 3.05) is 26.7 Å². The van der Waals surface area contributed by atoms with E-state index in [1.54, 1.807) is 16.9 Å². The number of ether oxygens (including phenoxy) is 1. The number of benzene rings is 1. The van der Waals surface area contributed by atoms with Gasteiger partial charge in [0.2, 0.25) is 5.91 Å². The average molecular weight is 464 g/mol. The lowest BCUT2D eigenvalue weighted by molar-refractivity contribution is -0.271. The molecule has 0 aliphatic carbocycles. The molecule has 33 heavy (non-hydrogen) atoms. The Kier molecular flexibility index (Phi) is 5.98. The number of hydrogen-bond donors (Lipinski definition) is 1. The van der Waals surface area contributed by atoms with E-state index in [0.717, 1.165) is 12.8 Å². The van der Waals surface area contributed by atoms with Crippen LogP contribution in [0.5, 0.6) is 0 Å². The SMILES string of the molecule is CO[C@@](C(=O)N1CCC2(CC1)CC(=O)NC[C@H]2c1ccnn1C)(c1ccccc1)C(F)(F)F. The van der Waals surface area contributed by atoms with Crippen molar-refractivity contribution in [3.63, 3.8) is 0 Å². The molecule has 178 valence electrons. The number of likely N-dealkylation sites (tertiary alicyclic amines) is 1. The van der Waals surface area contributed by atoms with Crippen LogP contribution < -0.4 is 5.32 Å². The van der Waals surface area contributed by atoms with Crippen LogP contribution in [-0.2, 0) is 27.0 Å². The Balaban J connectivity index is 1.62. The highest BCUT2D eigenvalue weighted by Crippen LogP contribution is 2.50. The van der Waals surface area contributed by atoms with Crippen molar-refractivity contribution in [2.45, 2.75) is 37.0 Å². The van der Waals surface area contributed by atoms with Gasteiger partial charge in [-0.05, 0) is 24.3 Å². The highest BCUT2D eigenvalue weighted by molar-refractivity contribution is 5.88. The number of halogens is 3. The number of carbonyl (C=O) groups excluding carboxylic acids is 2. The van der Waals surface area contributed by atoms with Crippen LogP contribution in [0.4, 0.5) is 13.2 Å². The molecule has 3 heterocycles. The quantitative estimate of drug-likeness (QED) is 0.755. The molecule has 2 aliphatic heterocycles. The number of nitrogens with one attached hydrogen (secondary N) is 1. The van der Waals surface area contributed by atoms with Gasteiger partial charge in [-0.2, -0.15) is 18.3 Å². The second kappa shape index (κ2) is 8.48. The molecule has 1 aromatic carbocycles. The molecule has 1 spiro atoms. The molecule has 4 rings (SSSR count). The van der Waals surface area contributed by atoms with E-state index in [4.69, 9.17) is 4.74 Å². The van der Waals surface area contributed by atoms with Crippen molar-refractivity contribution in [2.24, 2.45) is 12.5 Å².